The van der Waals surface area contributed by atoms with Crippen LogP contribution >= 0.6 is 0 Å². The maximum absolute atomic E-state index is 3.40. The molecule has 2 rings (SSSR count). The van der Waals surface area contributed by atoms with Gasteiger partial charge in [0.25, 0.3) is 0 Å². The van der Waals surface area contributed by atoms with Crippen molar-refractivity contribution in [2.24, 2.45) is 0 Å². The molecule has 0 bridgehead atoms. The third-order valence-electron chi connectivity index (χ3n) is 3.01. The van der Waals surface area contributed by atoms with Crippen LogP contribution in [0.5, 0.6) is 0 Å². The quantitative estimate of drug-likeness (QED) is 0.275. The molecule has 19 heavy (non-hydrogen) atoms. The Bertz CT molecular complexity index is 361. The molecule has 2 aliphatic rings. The van der Waals surface area contributed by atoms with E-state index in [4.69, 9.17) is 0 Å². The molecule has 0 aromatic carbocycles. The first-order valence-electron chi connectivity index (χ1n) is 6.77. The molecule has 0 aromatic rings. The van der Waals surface area contributed by atoms with Crippen molar-refractivity contribution in [1.82, 2.24) is 0 Å². The van der Waals surface area contributed by atoms with Crippen molar-refractivity contribution < 1.29 is 26.2 Å². The molecular formula is C16H26Pb2Zr. The predicted molar refractivity (Wildman–Crippen MR) is 87.7 cm³/mol. The average Bonchev–Trinajstić information content (AvgIpc) is 2.91. The number of hydrogen-bond donors (Lipinski definition) is 0. The zero-order valence-electron chi connectivity index (χ0n) is 13.2. The van der Waals surface area contributed by atoms with E-state index in [-0.39, 0.29) is 26.2 Å². The van der Waals surface area contributed by atoms with Gasteiger partial charge in [-0.05, 0) is 0 Å². The topological polar surface area (TPSA) is 0 Å². The van der Waals surface area contributed by atoms with Gasteiger partial charge in [0.2, 0.25) is 0 Å². The van der Waals surface area contributed by atoms with Crippen molar-refractivity contribution in [3.8, 4) is 0 Å². The van der Waals surface area contributed by atoms with Gasteiger partial charge in [0, 0.05) is 0 Å². The van der Waals surface area contributed by atoms with Gasteiger partial charge in [-0.25, -0.2) is 0 Å². The van der Waals surface area contributed by atoms with Crippen LogP contribution in [-0.4, -0.2) is 42.3 Å². The Hall–Kier alpha value is 1.69. The second-order valence-corrected chi connectivity index (χ2v) is 46.1. The molecule has 0 nitrogen and oxygen atoms in total. The first-order chi connectivity index (χ1) is 8.21. The zero-order chi connectivity index (χ0) is 13.8. The van der Waals surface area contributed by atoms with Crippen LogP contribution in [0.25, 0.3) is 0 Å². The SMILES string of the molecule is [CH3][Pb]([CH3])([CH3])[C]1=[C-]CC=C1.[CH3][Pb]([CH3])([CH3])[C]1=[C-]CC=C1.[Zr+2]. The molecule has 0 radical (unpaired) electrons. The van der Waals surface area contributed by atoms with Crippen LogP contribution in [0, 0.1) is 12.2 Å². The summed E-state index contributed by atoms with van der Waals surface area (Å²) in [5.41, 5.74) is 0. The summed E-state index contributed by atoms with van der Waals surface area (Å²) in [6.07, 6.45) is 17.9. The van der Waals surface area contributed by atoms with Gasteiger partial charge in [0.05, 0.1) is 0 Å². The maximum atomic E-state index is 3.40. The Balaban J connectivity index is 0.000000324. The van der Waals surface area contributed by atoms with E-state index < -0.39 is 42.3 Å². The predicted octanol–water partition coefficient (Wildman–Crippen LogP) is 5.10. The molecule has 0 aliphatic heterocycles. The smallest absolute Gasteiger partial charge is 2.00 e. The fraction of sp³-hybridized carbons (Fsp3) is 0.500. The van der Waals surface area contributed by atoms with E-state index in [0.29, 0.717) is 0 Å². The minimum atomic E-state index is -1.79. The van der Waals surface area contributed by atoms with Crippen molar-refractivity contribution in [3.05, 3.63) is 42.7 Å². The van der Waals surface area contributed by atoms with Gasteiger partial charge in [0.1, 0.15) is 0 Å². The van der Waals surface area contributed by atoms with Crippen molar-refractivity contribution in [1.29, 1.82) is 0 Å². The number of allylic oxidation sites excluding steroid dienone is 8. The molecule has 0 heterocycles. The Morgan fingerprint density at radius 1 is 0.737 bits per heavy atom. The fourth-order valence-electron chi connectivity index (χ4n) is 1.84. The Kier molecular flexibility index (Phi) is 9.76. The van der Waals surface area contributed by atoms with E-state index >= 15 is 0 Å². The standard InChI is InChI=1S/2C5H4.6CH3.2Pb.Zr/c2*1-2-4-5-3-1;;;;;;;;;/h2*1-2H,3H2;6*1H3;;;/q2*-1;;;;;;;;;+2. The molecule has 2 aliphatic carbocycles. The fourth-order valence-corrected chi connectivity index (χ4v) is 11.6. The first kappa shape index (κ1) is 20.7. The summed E-state index contributed by atoms with van der Waals surface area (Å²) in [5, 5.41) is 0. The normalized spacial score (nSPS) is 17.4. The Labute approximate surface area is 148 Å². The van der Waals surface area contributed by atoms with Crippen LogP contribution in [0.1, 0.15) is 12.8 Å². The van der Waals surface area contributed by atoms with E-state index in [9.17, 15) is 0 Å². The summed E-state index contributed by atoms with van der Waals surface area (Å²) in [5.74, 6) is 0. The Morgan fingerprint density at radius 3 is 1.16 bits per heavy atom. The summed E-state index contributed by atoms with van der Waals surface area (Å²) in [4.78, 5) is 0. The minimum Gasteiger partial charge on any atom is 2.00 e. The maximum Gasteiger partial charge on any atom is 2.00 e. The van der Waals surface area contributed by atoms with Gasteiger partial charge in [-0.3, -0.25) is 0 Å². The monoisotopic (exact) mass is 724 g/mol. The van der Waals surface area contributed by atoms with Gasteiger partial charge in [-0.1, -0.05) is 0 Å². The van der Waals surface area contributed by atoms with E-state index in [1.54, 1.807) is 6.26 Å². The van der Waals surface area contributed by atoms with E-state index in [1.807, 2.05) is 0 Å². The second kappa shape index (κ2) is 8.97. The Morgan fingerprint density at radius 2 is 1.05 bits per heavy atom. The molecule has 0 atom stereocenters. The zero-order valence-corrected chi connectivity index (χ0v) is 23.5. The molecule has 0 aromatic heterocycles. The molecular weight excluding hydrogens is 698 g/mol. The number of rotatable bonds is 2. The van der Waals surface area contributed by atoms with Crippen LogP contribution in [0.15, 0.2) is 30.6 Å². The minimum absolute atomic E-state index is 0. The summed E-state index contributed by atoms with van der Waals surface area (Å²) in [6.45, 7) is 0. The average molecular weight is 724 g/mol. The first-order valence-corrected chi connectivity index (χ1v) is 34.0. The van der Waals surface area contributed by atoms with Crippen LogP contribution in [0.4, 0.5) is 0 Å². The summed E-state index contributed by atoms with van der Waals surface area (Å²) in [7, 11) is 0. The van der Waals surface area contributed by atoms with Crippen molar-refractivity contribution in [2.45, 2.75) is 39.7 Å². The molecule has 0 N–H and O–H groups in total. The molecule has 0 fully saturated rings. The summed E-state index contributed by atoms with van der Waals surface area (Å²) >= 11 is -3.58. The van der Waals surface area contributed by atoms with Crippen LogP contribution in [-0.2, 0) is 26.2 Å². The van der Waals surface area contributed by atoms with Crippen LogP contribution in [0.2, 0.25) is 26.9 Å². The van der Waals surface area contributed by atoms with Gasteiger partial charge in [-0.15, -0.1) is 0 Å². The molecule has 0 spiro atoms. The van der Waals surface area contributed by atoms with Crippen LogP contribution < -0.4 is 0 Å². The largest absolute Gasteiger partial charge is 2.00 e. The third-order valence-corrected chi connectivity index (χ3v) is 18.2. The summed E-state index contributed by atoms with van der Waals surface area (Å²) in [6, 6.07) is 0. The van der Waals surface area contributed by atoms with Crippen LogP contribution in [0.3, 0.4) is 0 Å². The van der Waals surface area contributed by atoms with Crippen molar-refractivity contribution >= 4 is 42.3 Å². The van der Waals surface area contributed by atoms with Crippen molar-refractivity contribution in [2.75, 3.05) is 0 Å². The third kappa shape index (κ3) is 8.03. The second-order valence-electron chi connectivity index (χ2n) is 6.89. The van der Waals surface area contributed by atoms with E-state index in [0.717, 1.165) is 12.8 Å². The molecule has 102 valence electrons. The van der Waals surface area contributed by atoms with Gasteiger partial charge in [0.15, 0.2) is 0 Å². The number of hydrogen-bond acceptors (Lipinski definition) is 0. The molecule has 3 heteroatoms. The summed E-state index contributed by atoms with van der Waals surface area (Å²) < 4.78 is 17.8. The van der Waals surface area contributed by atoms with E-state index in [1.165, 1.54) is 0 Å². The molecule has 0 saturated heterocycles. The molecule has 0 amide bonds. The van der Waals surface area contributed by atoms with E-state index in [2.05, 4.69) is 63.4 Å². The van der Waals surface area contributed by atoms with Gasteiger partial charge < -0.3 is 0 Å². The molecule has 0 unspecified atom stereocenters. The van der Waals surface area contributed by atoms with Gasteiger partial charge >= 0.3 is 151 Å². The molecule has 0 saturated carbocycles. The van der Waals surface area contributed by atoms with Crippen molar-refractivity contribution in [3.63, 3.8) is 0 Å². The van der Waals surface area contributed by atoms with Gasteiger partial charge in [-0.2, -0.15) is 0 Å².